The van der Waals surface area contributed by atoms with Gasteiger partial charge >= 0.3 is 0 Å². The van der Waals surface area contributed by atoms with E-state index in [4.69, 9.17) is 5.26 Å². The number of nitrogens with zero attached hydrogens (tertiary/aromatic N) is 3. The van der Waals surface area contributed by atoms with Crippen LogP contribution < -0.4 is 0 Å². The molecular weight excluding hydrogens is 336 g/mol. The van der Waals surface area contributed by atoms with Crippen LogP contribution in [0.15, 0.2) is 23.1 Å². The fraction of sp³-hybridized carbons (Fsp3) is 0.562. The van der Waals surface area contributed by atoms with E-state index in [0.717, 1.165) is 13.0 Å². The first kappa shape index (κ1) is 18.8. The fourth-order valence-electron chi connectivity index (χ4n) is 2.70. The second-order valence-corrected chi connectivity index (χ2v) is 8.01. The molecule has 0 amide bonds. The lowest BCUT2D eigenvalue weighted by atomic mass is 10.1. The summed E-state index contributed by atoms with van der Waals surface area (Å²) in [4.78, 5) is 1.93. The number of alkyl halides is 2. The molecule has 2 rings (SSSR count). The Labute approximate surface area is 141 Å². The molecule has 0 N–H and O–H groups in total. The van der Waals surface area contributed by atoms with Gasteiger partial charge in [-0.25, -0.2) is 17.2 Å². The maximum atomic E-state index is 13.6. The first-order valence-electron chi connectivity index (χ1n) is 7.74. The molecular formula is C16H21F2N3O2S. The molecule has 0 saturated carbocycles. The lowest BCUT2D eigenvalue weighted by Crippen LogP contribution is -2.48. The first-order chi connectivity index (χ1) is 11.1. The number of hydrogen-bond acceptors (Lipinski definition) is 4. The van der Waals surface area contributed by atoms with Crippen molar-refractivity contribution in [1.29, 1.82) is 5.26 Å². The minimum atomic E-state index is -3.80. The predicted molar refractivity (Wildman–Crippen MR) is 86.2 cm³/mol. The molecule has 0 aliphatic carbocycles. The molecule has 0 bridgehead atoms. The summed E-state index contributed by atoms with van der Waals surface area (Å²) in [5.41, 5.74) is 0.189. The molecule has 0 aromatic heterocycles. The van der Waals surface area contributed by atoms with E-state index in [0.29, 0.717) is 44.7 Å². The summed E-state index contributed by atoms with van der Waals surface area (Å²) in [7, 11) is -3.80. The van der Waals surface area contributed by atoms with Crippen molar-refractivity contribution in [2.75, 3.05) is 32.7 Å². The number of hydrogen-bond donors (Lipinski definition) is 0. The largest absolute Gasteiger partial charge is 0.300 e. The molecule has 8 heteroatoms. The Morgan fingerprint density at radius 2 is 1.83 bits per heavy atom. The third kappa shape index (κ3) is 4.29. The lowest BCUT2D eigenvalue weighted by molar-refractivity contribution is 0.0172. The highest BCUT2D eigenvalue weighted by Crippen LogP contribution is 2.30. The smallest absolute Gasteiger partial charge is 0.270 e. The van der Waals surface area contributed by atoms with Crippen LogP contribution >= 0.6 is 0 Å². The van der Waals surface area contributed by atoms with Gasteiger partial charge < -0.3 is 0 Å². The van der Waals surface area contributed by atoms with Gasteiger partial charge in [-0.15, -0.1) is 0 Å². The van der Waals surface area contributed by atoms with E-state index in [-0.39, 0.29) is 10.5 Å². The van der Waals surface area contributed by atoms with Gasteiger partial charge in [0.05, 0.1) is 11.0 Å². The quantitative estimate of drug-likeness (QED) is 0.811. The van der Waals surface area contributed by atoms with Crippen molar-refractivity contribution in [3.05, 3.63) is 29.3 Å². The van der Waals surface area contributed by atoms with Crippen LogP contribution in [0.3, 0.4) is 0 Å². The molecule has 1 aliphatic heterocycles. The number of sulfonamides is 1. The van der Waals surface area contributed by atoms with Crippen LogP contribution in [-0.4, -0.2) is 50.3 Å². The van der Waals surface area contributed by atoms with E-state index in [9.17, 15) is 17.2 Å². The van der Waals surface area contributed by atoms with Crippen LogP contribution in [0.5, 0.6) is 0 Å². The topological polar surface area (TPSA) is 64.4 Å². The van der Waals surface area contributed by atoms with Crippen molar-refractivity contribution >= 4 is 10.0 Å². The second-order valence-electron chi connectivity index (χ2n) is 6.08. The Balaban J connectivity index is 2.20. The van der Waals surface area contributed by atoms with Crippen LogP contribution in [-0.2, 0) is 15.9 Å². The average Bonchev–Trinajstić information content (AvgIpc) is 2.52. The second kappa shape index (κ2) is 7.13. The molecule has 1 saturated heterocycles. The molecule has 1 aromatic rings. The molecule has 0 spiro atoms. The van der Waals surface area contributed by atoms with Gasteiger partial charge in [0.25, 0.3) is 5.92 Å². The summed E-state index contributed by atoms with van der Waals surface area (Å²) < 4.78 is 54.0. The summed E-state index contributed by atoms with van der Waals surface area (Å²) in [6.45, 7) is 4.62. The van der Waals surface area contributed by atoms with Gasteiger partial charge in [0.15, 0.2) is 0 Å². The predicted octanol–water partition coefficient (Wildman–Crippen LogP) is 2.33. The van der Waals surface area contributed by atoms with Gasteiger partial charge in [-0.1, -0.05) is 6.07 Å². The van der Waals surface area contributed by atoms with Gasteiger partial charge in [-0.2, -0.15) is 9.57 Å². The van der Waals surface area contributed by atoms with Gasteiger partial charge in [0.1, 0.15) is 0 Å². The van der Waals surface area contributed by atoms with Gasteiger partial charge in [-0.3, -0.25) is 4.90 Å². The third-order valence-electron chi connectivity index (χ3n) is 4.07. The summed E-state index contributed by atoms with van der Waals surface area (Å²) in [5, 5.41) is 8.60. The maximum absolute atomic E-state index is 13.6. The standard InChI is InChI=1S/C16H21F2N3O2S/c1-13-10-14(16(2,17)18)12-15(11-13)24(22,23)21-8-6-20(7-9-21)5-3-4-19/h10-12H,3,5-9H2,1-2H3. The Hall–Kier alpha value is -1.56. The molecule has 24 heavy (non-hydrogen) atoms. The molecule has 1 aromatic carbocycles. The highest BCUT2D eigenvalue weighted by Gasteiger charge is 2.31. The molecule has 1 fully saturated rings. The summed E-state index contributed by atoms with van der Waals surface area (Å²) >= 11 is 0. The Morgan fingerprint density at radius 3 is 2.38 bits per heavy atom. The summed E-state index contributed by atoms with van der Waals surface area (Å²) in [6, 6.07) is 5.85. The zero-order valence-corrected chi connectivity index (χ0v) is 14.6. The number of rotatable bonds is 5. The molecule has 132 valence electrons. The molecule has 5 nitrogen and oxygen atoms in total. The Kier molecular flexibility index (Phi) is 5.58. The van der Waals surface area contributed by atoms with Crippen LogP contribution in [0.4, 0.5) is 8.78 Å². The van der Waals surface area contributed by atoms with Crippen molar-refractivity contribution in [3.63, 3.8) is 0 Å². The number of nitriles is 1. The molecule has 0 atom stereocenters. The zero-order valence-electron chi connectivity index (χ0n) is 13.8. The van der Waals surface area contributed by atoms with Crippen molar-refractivity contribution in [2.45, 2.75) is 31.1 Å². The van der Waals surface area contributed by atoms with E-state index < -0.39 is 15.9 Å². The lowest BCUT2D eigenvalue weighted by Gasteiger charge is -2.33. The summed E-state index contributed by atoms with van der Waals surface area (Å²) in [6.07, 6.45) is 0.402. The number of aryl methyl sites for hydroxylation is 1. The van der Waals surface area contributed by atoms with Gasteiger partial charge in [-0.05, 0) is 24.6 Å². The van der Waals surface area contributed by atoms with Crippen molar-refractivity contribution < 1.29 is 17.2 Å². The number of benzene rings is 1. The third-order valence-corrected chi connectivity index (χ3v) is 5.94. The maximum Gasteiger partial charge on any atom is 0.270 e. The average molecular weight is 357 g/mol. The molecule has 1 heterocycles. The Bertz CT molecular complexity index is 731. The Morgan fingerprint density at radius 1 is 1.21 bits per heavy atom. The monoisotopic (exact) mass is 357 g/mol. The SMILES string of the molecule is Cc1cc(C(C)(F)F)cc(S(=O)(=O)N2CCN(CCC#N)CC2)c1. The van der Waals surface area contributed by atoms with E-state index >= 15 is 0 Å². The molecule has 0 radical (unpaired) electrons. The van der Waals surface area contributed by atoms with Gasteiger partial charge in [0.2, 0.25) is 10.0 Å². The summed E-state index contributed by atoms with van der Waals surface area (Å²) in [5.74, 6) is -3.09. The van der Waals surface area contributed by atoms with Crippen LogP contribution in [0.25, 0.3) is 0 Å². The molecule has 1 aliphatic rings. The minimum Gasteiger partial charge on any atom is -0.300 e. The van der Waals surface area contributed by atoms with Crippen LogP contribution in [0.1, 0.15) is 24.5 Å². The minimum absolute atomic E-state index is 0.0931. The normalized spacial score (nSPS) is 17.6. The first-order valence-corrected chi connectivity index (χ1v) is 9.18. The van der Waals surface area contributed by atoms with E-state index in [1.54, 1.807) is 6.92 Å². The fourth-order valence-corrected chi connectivity index (χ4v) is 4.25. The van der Waals surface area contributed by atoms with Crippen molar-refractivity contribution in [1.82, 2.24) is 9.21 Å². The number of piperazine rings is 1. The van der Waals surface area contributed by atoms with E-state index in [2.05, 4.69) is 6.07 Å². The van der Waals surface area contributed by atoms with Crippen molar-refractivity contribution in [2.24, 2.45) is 0 Å². The zero-order chi connectivity index (χ0) is 18.0. The number of halogens is 2. The van der Waals surface area contributed by atoms with E-state index in [1.165, 1.54) is 16.4 Å². The highest BCUT2D eigenvalue weighted by molar-refractivity contribution is 7.89. The van der Waals surface area contributed by atoms with Crippen molar-refractivity contribution in [3.8, 4) is 6.07 Å². The van der Waals surface area contributed by atoms with Crippen LogP contribution in [0, 0.1) is 18.3 Å². The van der Waals surface area contributed by atoms with Gasteiger partial charge in [0, 0.05) is 51.6 Å². The highest BCUT2D eigenvalue weighted by atomic mass is 32.2. The van der Waals surface area contributed by atoms with E-state index in [1.807, 2.05) is 4.90 Å². The van der Waals surface area contributed by atoms with Crippen LogP contribution in [0.2, 0.25) is 0 Å². The molecule has 0 unspecified atom stereocenters.